The second kappa shape index (κ2) is 7.17. The van der Waals surface area contributed by atoms with Crippen LogP contribution in [0.1, 0.15) is 19.3 Å². The molecule has 0 bridgehead atoms. The van der Waals surface area contributed by atoms with Gasteiger partial charge in [-0.05, 0) is 26.4 Å². The van der Waals surface area contributed by atoms with Crippen LogP contribution in [0.15, 0.2) is 0 Å². The van der Waals surface area contributed by atoms with Crippen molar-refractivity contribution >= 4 is 24.8 Å². The Morgan fingerprint density at radius 2 is 2.00 bits per heavy atom. The van der Waals surface area contributed by atoms with Crippen LogP contribution in [-0.2, 0) is 0 Å². The lowest BCUT2D eigenvalue weighted by Gasteiger charge is -2.31. The fourth-order valence-corrected chi connectivity index (χ4v) is 1.44. The van der Waals surface area contributed by atoms with Gasteiger partial charge in [0.1, 0.15) is 0 Å². The summed E-state index contributed by atoms with van der Waals surface area (Å²) in [7, 11) is 2.16. The van der Waals surface area contributed by atoms with Gasteiger partial charge >= 0.3 is 0 Å². The van der Waals surface area contributed by atoms with Gasteiger partial charge in [0.25, 0.3) is 0 Å². The highest BCUT2D eigenvalue weighted by atomic mass is 35.5. The molecule has 1 fully saturated rings. The molecule has 0 aliphatic carbocycles. The lowest BCUT2D eigenvalue weighted by molar-refractivity contribution is 0.191. The van der Waals surface area contributed by atoms with Crippen LogP contribution >= 0.6 is 24.8 Å². The summed E-state index contributed by atoms with van der Waals surface area (Å²) in [6.45, 7) is 2.07. The minimum Gasteiger partial charge on any atom is -0.329 e. The average molecular weight is 201 g/mol. The summed E-state index contributed by atoms with van der Waals surface area (Å²) in [4.78, 5) is 2.36. The molecule has 1 saturated heterocycles. The molecule has 0 aromatic heterocycles. The van der Waals surface area contributed by atoms with Crippen molar-refractivity contribution in [1.29, 1.82) is 0 Å². The van der Waals surface area contributed by atoms with Crippen molar-refractivity contribution in [2.75, 3.05) is 20.1 Å². The first-order valence-corrected chi connectivity index (χ1v) is 3.75. The summed E-state index contributed by atoms with van der Waals surface area (Å²) in [5.41, 5.74) is 5.55. The third-order valence-electron chi connectivity index (χ3n) is 2.19. The van der Waals surface area contributed by atoms with E-state index in [4.69, 9.17) is 5.73 Å². The Bertz CT molecular complexity index is 90.5. The van der Waals surface area contributed by atoms with Crippen molar-refractivity contribution in [2.45, 2.75) is 25.3 Å². The van der Waals surface area contributed by atoms with Gasteiger partial charge < -0.3 is 10.6 Å². The van der Waals surface area contributed by atoms with Crippen LogP contribution < -0.4 is 5.73 Å². The van der Waals surface area contributed by atoms with E-state index in [1.165, 1.54) is 25.8 Å². The van der Waals surface area contributed by atoms with Crippen molar-refractivity contribution in [3.8, 4) is 0 Å². The third-order valence-corrected chi connectivity index (χ3v) is 2.19. The van der Waals surface area contributed by atoms with E-state index in [-0.39, 0.29) is 24.8 Å². The first-order valence-electron chi connectivity index (χ1n) is 3.75. The van der Waals surface area contributed by atoms with E-state index in [1.807, 2.05) is 0 Å². The van der Waals surface area contributed by atoms with Gasteiger partial charge in [0.05, 0.1) is 0 Å². The zero-order chi connectivity index (χ0) is 6.69. The third kappa shape index (κ3) is 4.16. The maximum Gasteiger partial charge on any atom is 0.0215 e. The van der Waals surface area contributed by atoms with E-state index in [9.17, 15) is 0 Å². The number of likely N-dealkylation sites (N-methyl/N-ethyl adjacent to an activating group) is 1. The minimum absolute atomic E-state index is 0. The van der Waals surface area contributed by atoms with Gasteiger partial charge in [-0.1, -0.05) is 6.42 Å². The van der Waals surface area contributed by atoms with Crippen LogP contribution in [-0.4, -0.2) is 31.1 Å². The summed E-state index contributed by atoms with van der Waals surface area (Å²) < 4.78 is 0. The number of likely N-dealkylation sites (tertiary alicyclic amines) is 1. The molecule has 2 N–H and O–H groups in total. The van der Waals surface area contributed by atoms with Crippen LogP contribution in [0.2, 0.25) is 0 Å². The zero-order valence-electron chi connectivity index (χ0n) is 6.95. The van der Waals surface area contributed by atoms with Gasteiger partial charge in [0, 0.05) is 12.6 Å². The fourth-order valence-electron chi connectivity index (χ4n) is 1.44. The molecule has 1 rings (SSSR count). The smallest absolute Gasteiger partial charge is 0.0215 e. The van der Waals surface area contributed by atoms with E-state index >= 15 is 0 Å². The molecule has 0 radical (unpaired) electrons. The quantitative estimate of drug-likeness (QED) is 0.692. The van der Waals surface area contributed by atoms with Gasteiger partial charge in [0.15, 0.2) is 0 Å². The molecule has 70 valence electrons. The van der Waals surface area contributed by atoms with E-state index in [0.29, 0.717) is 6.04 Å². The molecule has 0 aromatic rings. The topological polar surface area (TPSA) is 29.3 Å². The molecule has 0 amide bonds. The molecule has 2 nitrogen and oxygen atoms in total. The summed E-state index contributed by atoms with van der Waals surface area (Å²) in [5, 5.41) is 0. The molecule has 1 aliphatic heterocycles. The standard InChI is InChI=1S/C7H16N2.2ClH/c1-9-5-3-2-4-7(9)6-8;;/h7H,2-6,8H2,1H3;2*1H. The Balaban J connectivity index is 0. The molecule has 1 aliphatic rings. The number of nitrogens with zero attached hydrogens (tertiary/aromatic N) is 1. The summed E-state index contributed by atoms with van der Waals surface area (Å²) in [6.07, 6.45) is 4.02. The van der Waals surface area contributed by atoms with Crippen molar-refractivity contribution in [3.05, 3.63) is 0 Å². The average Bonchev–Trinajstić information content (AvgIpc) is 1.89. The molecule has 1 unspecified atom stereocenters. The first-order chi connectivity index (χ1) is 4.34. The van der Waals surface area contributed by atoms with Crippen molar-refractivity contribution in [3.63, 3.8) is 0 Å². The maximum absolute atomic E-state index is 5.55. The lowest BCUT2D eigenvalue weighted by Crippen LogP contribution is -2.41. The molecule has 0 aromatic carbocycles. The number of rotatable bonds is 1. The molecule has 4 heteroatoms. The van der Waals surface area contributed by atoms with Crippen LogP contribution in [0.5, 0.6) is 0 Å². The van der Waals surface area contributed by atoms with Gasteiger partial charge in [-0.15, -0.1) is 24.8 Å². The molecule has 1 heterocycles. The van der Waals surface area contributed by atoms with Crippen LogP contribution in [0.4, 0.5) is 0 Å². The van der Waals surface area contributed by atoms with Gasteiger partial charge in [-0.3, -0.25) is 0 Å². The Labute approximate surface area is 81.3 Å². The maximum atomic E-state index is 5.55. The molecule has 11 heavy (non-hydrogen) atoms. The molecule has 0 spiro atoms. The van der Waals surface area contributed by atoms with E-state index in [2.05, 4.69) is 11.9 Å². The molecule has 1 atom stereocenters. The highest BCUT2D eigenvalue weighted by Crippen LogP contribution is 2.12. The second-order valence-corrected chi connectivity index (χ2v) is 2.87. The first kappa shape index (κ1) is 14.0. The summed E-state index contributed by atoms with van der Waals surface area (Å²) in [5.74, 6) is 0. The van der Waals surface area contributed by atoms with Gasteiger partial charge in [0.2, 0.25) is 0 Å². The van der Waals surface area contributed by atoms with Crippen molar-refractivity contribution < 1.29 is 0 Å². The van der Waals surface area contributed by atoms with E-state index in [0.717, 1.165) is 6.54 Å². The summed E-state index contributed by atoms with van der Waals surface area (Å²) >= 11 is 0. The Morgan fingerprint density at radius 1 is 1.36 bits per heavy atom. The predicted octanol–water partition coefficient (Wildman–Crippen LogP) is 1.27. The van der Waals surface area contributed by atoms with Crippen molar-refractivity contribution in [2.24, 2.45) is 5.73 Å². The number of nitrogens with two attached hydrogens (primary N) is 1. The van der Waals surface area contributed by atoms with Crippen LogP contribution in [0.3, 0.4) is 0 Å². The fraction of sp³-hybridized carbons (Fsp3) is 1.00. The molecular weight excluding hydrogens is 183 g/mol. The SMILES string of the molecule is CN1CCCCC1CN.Cl.Cl. The number of hydrogen-bond acceptors (Lipinski definition) is 2. The number of piperidine rings is 1. The van der Waals surface area contributed by atoms with Crippen LogP contribution in [0.25, 0.3) is 0 Å². The van der Waals surface area contributed by atoms with Gasteiger partial charge in [-0.2, -0.15) is 0 Å². The highest BCUT2D eigenvalue weighted by Gasteiger charge is 2.15. The largest absolute Gasteiger partial charge is 0.329 e. The normalized spacial score (nSPS) is 25.1. The Morgan fingerprint density at radius 3 is 2.36 bits per heavy atom. The van der Waals surface area contributed by atoms with Crippen molar-refractivity contribution in [1.82, 2.24) is 4.90 Å². The Hall–Kier alpha value is 0.500. The lowest BCUT2D eigenvalue weighted by atomic mass is 10.0. The molecular formula is C7H18Cl2N2. The minimum atomic E-state index is 0. The van der Waals surface area contributed by atoms with Gasteiger partial charge in [-0.25, -0.2) is 0 Å². The zero-order valence-corrected chi connectivity index (χ0v) is 8.59. The van der Waals surface area contributed by atoms with Crippen LogP contribution in [0, 0.1) is 0 Å². The number of halogens is 2. The van der Waals surface area contributed by atoms with E-state index in [1.54, 1.807) is 0 Å². The highest BCUT2D eigenvalue weighted by molar-refractivity contribution is 5.85. The monoisotopic (exact) mass is 200 g/mol. The Kier molecular flexibility index (Phi) is 9.15. The van der Waals surface area contributed by atoms with E-state index < -0.39 is 0 Å². The molecule has 0 saturated carbocycles. The number of hydrogen-bond donors (Lipinski definition) is 1. The predicted molar refractivity (Wildman–Crippen MR) is 53.8 cm³/mol. The second-order valence-electron chi connectivity index (χ2n) is 2.87. The summed E-state index contributed by atoms with van der Waals surface area (Å²) in [6, 6.07) is 0.666.